The van der Waals surface area contributed by atoms with E-state index >= 15 is 0 Å². The van der Waals surface area contributed by atoms with Crippen LogP contribution in [-0.4, -0.2) is 12.3 Å². The second kappa shape index (κ2) is 5.83. The quantitative estimate of drug-likeness (QED) is 0.603. The van der Waals surface area contributed by atoms with Crippen molar-refractivity contribution in [2.24, 2.45) is 0 Å². The Balaban J connectivity index is 1.93. The van der Waals surface area contributed by atoms with Crippen molar-refractivity contribution >= 4 is 5.97 Å². The lowest BCUT2D eigenvalue weighted by Gasteiger charge is -2.08. The standard InChI is InChI=1S/C15H18O3/c1-11(2)7-6-10-13-17-14(15(16)18-13)12-8-4-3-5-9-12/h3-5,7-9,13-14H,6,10H2,1-2H3/t13-,14-/m1/s1. The first kappa shape index (κ1) is 12.8. The monoisotopic (exact) mass is 246 g/mol. The largest absolute Gasteiger partial charge is 0.434 e. The van der Waals surface area contributed by atoms with E-state index in [1.165, 1.54) is 5.57 Å². The molecule has 3 heteroatoms. The summed E-state index contributed by atoms with van der Waals surface area (Å²) in [6.45, 7) is 4.10. The van der Waals surface area contributed by atoms with E-state index in [0.29, 0.717) is 6.42 Å². The van der Waals surface area contributed by atoms with Gasteiger partial charge in [0.15, 0.2) is 6.10 Å². The molecule has 0 unspecified atom stereocenters. The van der Waals surface area contributed by atoms with E-state index in [4.69, 9.17) is 9.47 Å². The summed E-state index contributed by atoms with van der Waals surface area (Å²) in [6.07, 6.45) is 2.70. The van der Waals surface area contributed by atoms with Crippen LogP contribution in [0.1, 0.15) is 38.4 Å². The van der Waals surface area contributed by atoms with Gasteiger partial charge < -0.3 is 9.47 Å². The number of hydrogen-bond acceptors (Lipinski definition) is 3. The van der Waals surface area contributed by atoms with Gasteiger partial charge in [-0.15, -0.1) is 0 Å². The summed E-state index contributed by atoms with van der Waals surface area (Å²) < 4.78 is 10.9. The van der Waals surface area contributed by atoms with Crippen molar-refractivity contribution in [1.29, 1.82) is 0 Å². The molecule has 1 fully saturated rings. The van der Waals surface area contributed by atoms with Crippen LogP contribution in [0.3, 0.4) is 0 Å². The van der Waals surface area contributed by atoms with Crippen LogP contribution < -0.4 is 0 Å². The highest BCUT2D eigenvalue weighted by Crippen LogP contribution is 2.29. The molecule has 96 valence electrons. The Labute approximate surface area is 107 Å². The van der Waals surface area contributed by atoms with Crippen molar-refractivity contribution < 1.29 is 14.3 Å². The van der Waals surface area contributed by atoms with Crippen LogP contribution in [0.5, 0.6) is 0 Å². The lowest BCUT2D eigenvalue weighted by atomic mass is 10.1. The van der Waals surface area contributed by atoms with Crippen LogP contribution in [0.25, 0.3) is 0 Å². The van der Waals surface area contributed by atoms with Crippen LogP contribution in [0.4, 0.5) is 0 Å². The minimum absolute atomic E-state index is 0.289. The first-order valence-electron chi connectivity index (χ1n) is 6.21. The van der Waals surface area contributed by atoms with Crippen molar-refractivity contribution in [1.82, 2.24) is 0 Å². The van der Waals surface area contributed by atoms with Crippen LogP contribution in [0.2, 0.25) is 0 Å². The van der Waals surface area contributed by atoms with E-state index in [-0.39, 0.29) is 5.97 Å². The molecule has 1 aliphatic rings. The number of allylic oxidation sites excluding steroid dienone is 2. The van der Waals surface area contributed by atoms with Gasteiger partial charge in [-0.1, -0.05) is 42.0 Å². The Kier molecular flexibility index (Phi) is 4.15. The lowest BCUT2D eigenvalue weighted by molar-refractivity contribution is -0.143. The molecule has 0 spiro atoms. The zero-order valence-corrected chi connectivity index (χ0v) is 10.8. The summed E-state index contributed by atoms with van der Waals surface area (Å²) in [6, 6.07) is 9.45. The second-order valence-corrected chi connectivity index (χ2v) is 4.65. The predicted octanol–water partition coefficient (Wildman–Crippen LogP) is 3.37. The molecule has 1 aromatic rings. The molecule has 2 rings (SSSR count). The minimum atomic E-state index is -0.567. The SMILES string of the molecule is CC(C)=CCC[C@H]1OC(=O)[C@@H](c2ccccc2)O1. The fourth-order valence-electron chi connectivity index (χ4n) is 1.90. The summed E-state index contributed by atoms with van der Waals surface area (Å²) in [7, 11) is 0. The van der Waals surface area contributed by atoms with Gasteiger partial charge in [0.1, 0.15) is 0 Å². The Morgan fingerprint density at radius 2 is 2.00 bits per heavy atom. The molecule has 0 aromatic heterocycles. The molecule has 1 saturated heterocycles. The van der Waals surface area contributed by atoms with E-state index < -0.39 is 12.4 Å². The molecule has 2 atom stereocenters. The maximum Gasteiger partial charge on any atom is 0.342 e. The second-order valence-electron chi connectivity index (χ2n) is 4.65. The Hall–Kier alpha value is -1.61. The third kappa shape index (κ3) is 3.20. The summed E-state index contributed by atoms with van der Waals surface area (Å²) in [4.78, 5) is 11.7. The summed E-state index contributed by atoms with van der Waals surface area (Å²) >= 11 is 0. The van der Waals surface area contributed by atoms with Crippen molar-refractivity contribution in [3.63, 3.8) is 0 Å². The Morgan fingerprint density at radius 3 is 2.67 bits per heavy atom. The predicted molar refractivity (Wildman–Crippen MR) is 68.8 cm³/mol. The van der Waals surface area contributed by atoms with E-state index in [1.807, 2.05) is 44.2 Å². The number of ether oxygens (including phenoxy) is 2. The van der Waals surface area contributed by atoms with Gasteiger partial charge in [0.05, 0.1) is 0 Å². The molecule has 1 heterocycles. The molecule has 0 amide bonds. The minimum Gasteiger partial charge on any atom is -0.434 e. The summed E-state index contributed by atoms with van der Waals surface area (Å²) in [5, 5.41) is 0. The fraction of sp³-hybridized carbons (Fsp3) is 0.400. The smallest absolute Gasteiger partial charge is 0.342 e. The van der Waals surface area contributed by atoms with Gasteiger partial charge in [0.2, 0.25) is 6.29 Å². The number of rotatable bonds is 4. The molecule has 0 N–H and O–H groups in total. The van der Waals surface area contributed by atoms with Crippen LogP contribution in [0, 0.1) is 0 Å². The van der Waals surface area contributed by atoms with Gasteiger partial charge in [0, 0.05) is 6.42 Å². The highest BCUT2D eigenvalue weighted by molar-refractivity contribution is 5.77. The average molecular weight is 246 g/mol. The van der Waals surface area contributed by atoms with E-state index in [9.17, 15) is 4.79 Å². The highest BCUT2D eigenvalue weighted by atomic mass is 16.7. The van der Waals surface area contributed by atoms with Gasteiger partial charge in [0.25, 0.3) is 0 Å². The van der Waals surface area contributed by atoms with Gasteiger partial charge in [-0.2, -0.15) is 0 Å². The number of cyclic esters (lactones) is 1. The molecule has 1 aliphatic heterocycles. The fourth-order valence-corrected chi connectivity index (χ4v) is 1.90. The lowest BCUT2D eigenvalue weighted by Crippen LogP contribution is -2.07. The number of carbonyl (C=O) groups is 1. The molecular weight excluding hydrogens is 228 g/mol. The maximum atomic E-state index is 11.7. The zero-order valence-electron chi connectivity index (χ0n) is 10.8. The molecule has 0 radical (unpaired) electrons. The number of hydrogen-bond donors (Lipinski definition) is 0. The highest BCUT2D eigenvalue weighted by Gasteiger charge is 2.35. The topological polar surface area (TPSA) is 35.5 Å². The normalized spacial score (nSPS) is 22.7. The van der Waals surface area contributed by atoms with Crippen LogP contribution in [-0.2, 0) is 14.3 Å². The van der Waals surface area contributed by atoms with Crippen molar-refractivity contribution in [2.75, 3.05) is 0 Å². The molecule has 1 aromatic carbocycles. The molecule has 18 heavy (non-hydrogen) atoms. The summed E-state index contributed by atoms with van der Waals surface area (Å²) in [5.74, 6) is -0.289. The Morgan fingerprint density at radius 1 is 1.28 bits per heavy atom. The van der Waals surface area contributed by atoms with Crippen molar-refractivity contribution in [3.8, 4) is 0 Å². The van der Waals surface area contributed by atoms with Crippen LogP contribution in [0.15, 0.2) is 42.0 Å². The number of carbonyl (C=O) groups excluding carboxylic acids is 1. The van der Waals surface area contributed by atoms with Crippen molar-refractivity contribution in [2.45, 2.75) is 39.1 Å². The average Bonchev–Trinajstić information content (AvgIpc) is 2.71. The summed E-state index contributed by atoms with van der Waals surface area (Å²) in [5.41, 5.74) is 2.12. The molecule has 3 nitrogen and oxygen atoms in total. The number of esters is 1. The Bertz CT molecular complexity index is 432. The van der Waals surface area contributed by atoms with E-state index in [1.54, 1.807) is 0 Å². The first-order chi connectivity index (χ1) is 8.66. The van der Waals surface area contributed by atoms with Gasteiger partial charge >= 0.3 is 5.97 Å². The van der Waals surface area contributed by atoms with Crippen LogP contribution >= 0.6 is 0 Å². The van der Waals surface area contributed by atoms with E-state index in [0.717, 1.165) is 12.0 Å². The van der Waals surface area contributed by atoms with Gasteiger partial charge in [-0.3, -0.25) is 0 Å². The molecule has 0 saturated carbocycles. The third-order valence-electron chi connectivity index (χ3n) is 2.81. The van der Waals surface area contributed by atoms with Gasteiger partial charge in [-0.05, 0) is 25.8 Å². The van der Waals surface area contributed by atoms with Gasteiger partial charge in [-0.25, -0.2) is 4.79 Å². The third-order valence-corrected chi connectivity index (χ3v) is 2.81. The molecule has 0 bridgehead atoms. The number of benzene rings is 1. The molecule has 0 aliphatic carbocycles. The molecular formula is C15H18O3. The van der Waals surface area contributed by atoms with E-state index in [2.05, 4.69) is 6.08 Å². The maximum absolute atomic E-state index is 11.7. The zero-order chi connectivity index (χ0) is 13.0. The van der Waals surface area contributed by atoms with Crippen molar-refractivity contribution in [3.05, 3.63) is 47.5 Å². The first-order valence-corrected chi connectivity index (χ1v) is 6.21.